The van der Waals surface area contributed by atoms with Crippen LogP contribution in [0.5, 0.6) is 5.75 Å². The van der Waals surface area contributed by atoms with Gasteiger partial charge in [-0.25, -0.2) is 4.98 Å². The van der Waals surface area contributed by atoms with Crippen LogP contribution in [-0.2, 0) is 13.6 Å². The van der Waals surface area contributed by atoms with Gasteiger partial charge in [0.25, 0.3) is 0 Å². The Morgan fingerprint density at radius 1 is 1.33 bits per heavy atom. The number of methoxy groups -OCH3 is 1. The van der Waals surface area contributed by atoms with Gasteiger partial charge < -0.3 is 19.5 Å². The van der Waals surface area contributed by atoms with Crippen LogP contribution in [0.1, 0.15) is 12.2 Å². The molecule has 1 aromatic carbocycles. The van der Waals surface area contributed by atoms with Crippen LogP contribution < -0.4 is 10.1 Å². The third kappa shape index (κ3) is 2.66. The minimum Gasteiger partial charge on any atom is -0.497 e. The molecule has 1 N–H and O–H groups in total. The smallest absolute Gasteiger partial charge is 0.194 e. The largest absolute Gasteiger partial charge is 0.497 e. The van der Waals surface area contributed by atoms with E-state index in [1.807, 2.05) is 25.2 Å². The molecule has 6 heteroatoms. The standard InChI is InChI=1S/C15H21N5O/c1-19-8-4-7-16-15(19)17-10-14-18-12-9-11(21-3)5-6-13(12)20(14)2/h5-6,9H,4,7-8,10H2,1-3H3,(H,16,17). The number of aryl methyl sites for hydroxylation is 1. The Labute approximate surface area is 124 Å². The lowest BCUT2D eigenvalue weighted by molar-refractivity contribution is 0.415. The van der Waals surface area contributed by atoms with Gasteiger partial charge in [-0.15, -0.1) is 0 Å². The zero-order valence-electron chi connectivity index (χ0n) is 12.8. The second kappa shape index (κ2) is 5.63. The molecule has 2 heterocycles. The molecule has 0 unspecified atom stereocenters. The van der Waals surface area contributed by atoms with Crippen molar-refractivity contribution in [1.29, 1.82) is 0 Å². The van der Waals surface area contributed by atoms with E-state index in [-0.39, 0.29) is 0 Å². The Morgan fingerprint density at radius 2 is 2.19 bits per heavy atom. The Morgan fingerprint density at radius 3 is 2.95 bits per heavy atom. The van der Waals surface area contributed by atoms with E-state index in [0.717, 1.165) is 48.1 Å². The van der Waals surface area contributed by atoms with E-state index in [0.29, 0.717) is 6.54 Å². The van der Waals surface area contributed by atoms with Crippen LogP contribution in [0.4, 0.5) is 0 Å². The van der Waals surface area contributed by atoms with E-state index in [1.165, 1.54) is 0 Å². The molecule has 0 amide bonds. The Bertz CT molecular complexity index is 676. The molecule has 2 aromatic rings. The van der Waals surface area contributed by atoms with Crippen molar-refractivity contribution < 1.29 is 4.74 Å². The fourth-order valence-corrected chi connectivity index (χ4v) is 2.58. The highest BCUT2D eigenvalue weighted by molar-refractivity contribution is 5.80. The van der Waals surface area contributed by atoms with Gasteiger partial charge in [0.1, 0.15) is 11.6 Å². The molecular weight excluding hydrogens is 266 g/mol. The van der Waals surface area contributed by atoms with Gasteiger partial charge in [0.15, 0.2) is 5.96 Å². The highest BCUT2D eigenvalue weighted by Crippen LogP contribution is 2.20. The number of fused-ring (bicyclic) bond motifs is 1. The van der Waals surface area contributed by atoms with Crippen molar-refractivity contribution in [3.05, 3.63) is 24.0 Å². The molecular formula is C15H21N5O. The zero-order chi connectivity index (χ0) is 14.8. The molecule has 0 saturated heterocycles. The number of aliphatic imine (C=N–C) groups is 1. The first-order chi connectivity index (χ1) is 10.2. The van der Waals surface area contributed by atoms with Gasteiger partial charge in [-0.2, -0.15) is 0 Å². The van der Waals surface area contributed by atoms with Crippen LogP contribution >= 0.6 is 0 Å². The third-order valence-electron chi connectivity index (χ3n) is 3.86. The van der Waals surface area contributed by atoms with Gasteiger partial charge in [0.2, 0.25) is 0 Å². The summed E-state index contributed by atoms with van der Waals surface area (Å²) in [5.41, 5.74) is 2.05. The van der Waals surface area contributed by atoms with Crippen molar-refractivity contribution >= 4 is 17.0 Å². The van der Waals surface area contributed by atoms with E-state index in [9.17, 15) is 0 Å². The van der Waals surface area contributed by atoms with Gasteiger partial charge in [0, 0.05) is 33.3 Å². The molecule has 0 spiro atoms. The van der Waals surface area contributed by atoms with Gasteiger partial charge >= 0.3 is 0 Å². The molecule has 1 aliphatic heterocycles. The summed E-state index contributed by atoms with van der Waals surface area (Å²) in [5.74, 6) is 2.77. The first-order valence-corrected chi connectivity index (χ1v) is 7.18. The van der Waals surface area contributed by atoms with Crippen LogP contribution in [0.15, 0.2) is 23.2 Å². The van der Waals surface area contributed by atoms with E-state index in [1.54, 1.807) is 7.11 Å². The molecule has 112 valence electrons. The zero-order valence-corrected chi connectivity index (χ0v) is 12.8. The van der Waals surface area contributed by atoms with E-state index in [4.69, 9.17) is 4.74 Å². The van der Waals surface area contributed by atoms with Gasteiger partial charge in [-0.05, 0) is 18.6 Å². The summed E-state index contributed by atoms with van der Waals surface area (Å²) in [7, 11) is 5.76. The fraction of sp³-hybridized carbons (Fsp3) is 0.467. The fourth-order valence-electron chi connectivity index (χ4n) is 2.58. The van der Waals surface area contributed by atoms with Crippen LogP contribution in [0.25, 0.3) is 11.0 Å². The maximum absolute atomic E-state index is 5.25. The van der Waals surface area contributed by atoms with Crippen molar-refractivity contribution in [2.75, 3.05) is 27.2 Å². The number of rotatable bonds is 3. The molecule has 0 aliphatic carbocycles. The quantitative estimate of drug-likeness (QED) is 0.926. The first kappa shape index (κ1) is 13.7. The number of aromatic nitrogens is 2. The molecule has 3 rings (SSSR count). The number of imidazole rings is 1. The number of hydrogen-bond donors (Lipinski definition) is 1. The summed E-state index contributed by atoms with van der Waals surface area (Å²) in [6.45, 7) is 2.61. The van der Waals surface area contributed by atoms with Crippen LogP contribution in [0.3, 0.4) is 0 Å². The number of nitrogens with zero attached hydrogens (tertiary/aromatic N) is 4. The number of ether oxygens (including phenoxy) is 1. The minimum absolute atomic E-state index is 0.663. The molecule has 1 aromatic heterocycles. The van der Waals surface area contributed by atoms with Crippen molar-refractivity contribution in [2.45, 2.75) is 13.0 Å². The summed E-state index contributed by atoms with van der Waals surface area (Å²) in [4.78, 5) is 11.3. The maximum Gasteiger partial charge on any atom is 0.194 e. The second-order valence-electron chi connectivity index (χ2n) is 5.28. The third-order valence-corrected chi connectivity index (χ3v) is 3.86. The van der Waals surface area contributed by atoms with Crippen molar-refractivity contribution in [1.82, 2.24) is 19.8 Å². The lowest BCUT2D eigenvalue weighted by Gasteiger charge is -2.25. The molecule has 1 aliphatic rings. The molecule has 0 radical (unpaired) electrons. The lowest BCUT2D eigenvalue weighted by Crippen LogP contribution is -2.42. The molecule has 6 nitrogen and oxygen atoms in total. The summed E-state index contributed by atoms with van der Waals surface area (Å²) < 4.78 is 7.35. The molecule has 21 heavy (non-hydrogen) atoms. The SMILES string of the molecule is COc1ccc2c(c1)nc(CNC1=NCCCN1C)n2C. The topological polar surface area (TPSA) is 54.7 Å². The van der Waals surface area contributed by atoms with E-state index >= 15 is 0 Å². The van der Waals surface area contributed by atoms with Crippen LogP contribution in [0.2, 0.25) is 0 Å². The van der Waals surface area contributed by atoms with Gasteiger partial charge in [0.05, 0.1) is 24.7 Å². The second-order valence-corrected chi connectivity index (χ2v) is 5.28. The predicted octanol–water partition coefficient (Wildman–Crippen LogP) is 1.36. The van der Waals surface area contributed by atoms with Crippen LogP contribution in [0, 0.1) is 0 Å². The Balaban J connectivity index is 1.80. The molecule has 0 atom stereocenters. The average Bonchev–Trinajstić information content (AvgIpc) is 2.82. The molecule has 0 bridgehead atoms. The Hall–Kier alpha value is -2.24. The van der Waals surface area contributed by atoms with Crippen LogP contribution in [-0.4, -0.2) is 47.7 Å². The van der Waals surface area contributed by atoms with E-state index in [2.05, 4.69) is 31.8 Å². The highest BCUT2D eigenvalue weighted by atomic mass is 16.5. The van der Waals surface area contributed by atoms with Crippen molar-refractivity contribution in [3.8, 4) is 5.75 Å². The number of guanidine groups is 1. The van der Waals surface area contributed by atoms with Gasteiger partial charge in [-0.3, -0.25) is 4.99 Å². The normalized spacial score (nSPS) is 15.2. The molecule has 0 saturated carbocycles. The number of hydrogen-bond acceptors (Lipinski definition) is 5. The average molecular weight is 287 g/mol. The van der Waals surface area contributed by atoms with Crippen molar-refractivity contribution in [3.63, 3.8) is 0 Å². The summed E-state index contributed by atoms with van der Waals surface area (Å²) in [6.07, 6.45) is 1.12. The maximum atomic E-state index is 5.25. The first-order valence-electron chi connectivity index (χ1n) is 7.18. The Kier molecular flexibility index (Phi) is 3.68. The highest BCUT2D eigenvalue weighted by Gasteiger charge is 2.13. The number of benzene rings is 1. The minimum atomic E-state index is 0.663. The monoisotopic (exact) mass is 287 g/mol. The van der Waals surface area contributed by atoms with Gasteiger partial charge in [-0.1, -0.05) is 0 Å². The predicted molar refractivity (Wildman–Crippen MR) is 83.7 cm³/mol. The lowest BCUT2D eigenvalue weighted by atomic mass is 10.3. The summed E-state index contributed by atoms with van der Waals surface area (Å²) in [6, 6.07) is 5.96. The molecule has 0 fully saturated rings. The summed E-state index contributed by atoms with van der Waals surface area (Å²) >= 11 is 0. The summed E-state index contributed by atoms with van der Waals surface area (Å²) in [5, 5.41) is 3.38. The van der Waals surface area contributed by atoms with E-state index < -0.39 is 0 Å². The van der Waals surface area contributed by atoms with Crippen molar-refractivity contribution in [2.24, 2.45) is 12.0 Å². The number of nitrogens with one attached hydrogen (secondary N) is 1.